The number of hydrogen-bond donors (Lipinski definition) is 2. The molecule has 1 heterocycles. The molecule has 1 aromatic heterocycles. The van der Waals surface area contributed by atoms with Gasteiger partial charge in [-0.15, -0.1) is 0 Å². The van der Waals surface area contributed by atoms with Crippen LogP contribution in [-0.4, -0.2) is 32.9 Å². The summed E-state index contributed by atoms with van der Waals surface area (Å²) in [7, 11) is 1.33. The number of carboxylic acids is 1. The highest BCUT2D eigenvalue weighted by Gasteiger charge is 2.25. The van der Waals surface area contributed by atoms with Crippen molar-refractivity contribution in [1.29, 1.82) is 0 Å². The maximum atomic E-state index is 12.3. The molecule has 0 saturated heterocycles. The van der Waals surface area contributed by atoms with Gasteiger partial charge in [0.2, 0.25) is 0 Å². The molecule has 0 spiro atoms. The van der Waals surface area contributed by atoms with Crippen LogP contribution in [0.4, 0.5) is 5.69 Å². The molecule has 1 aromatic carbocycles. The predicted octanol–water partition coefficient (Wildman–Crippen LogP) is 2.62. The lowest BCUT2D eigenvalue weighted by molar-refractivity contribution is -0.729. The van der Waals surface area contributed by atoms with Gasteiger partial charge in [0, 0.05) is 22.7 Å². The lowest BCUT2D eigenvalue weighted by Gasteiger charge is -2.15. The van der Waals surface area contributed by atoms with Crippen molar-refractivity contribution in [2.45, 2.75) is 13.0 Å². The van der Waals surface area contributed by atoms with Gasteiger partial charge in [0.25, 0.3) is 10.5 Å². The average Bonchev–Trinajstić information content (AvgIpc) is 2.53. The molecule has 0 aliphatic carbocycles. The molecule has 0 aliphatic rings. The van der Waals surface area contributed by atoms with Crippen LogP contribution in [0.15, 0.2) is 35.3 Å². The molecule has 0 saturated carbocycles. The Hall–Kier alpha value is -2.87. The van der Waals surface area contributed by atoms with Crippen LogP contribution in [0.5, 0.6) is 5.75 Å². The van der Waals surface area contributed by atoms with Crippen molar-refractivity contribution >= 4 is 23.3 Å². The van der Waals surface area contributed by atoms with Crippen molar-refractivity contribution in [3.05, 3.63) is 50.7 Å². The number of rotatable bonds is 5. The van der Waals surface area contributed by atoms with E-state index in [0.29, 0.717) is 0 Å². The molecule has 24 heavy (non-hydrogen) atoms. The van der Waals surface area contributed by atoms with E-state index in [1.807, 2.05) is 0 Å². The topological polar surface area (TPSA) is 109 Å². The van der Waals surface area contributed by atoms with E-state index in [0.717, 1.165) is 10.6 Å². The summed E-state index contributed by atoms with van der Waals surface area (Å²) in [5.74, 6) is -1.04. The van der Waals surface area contributed by atoms with Crippen molar-refractivity contribution in [3.63, 3.8) is 0 Å². The van der Waals surface area contributed by atoms with Crippen LogP contribution in [0, 0.1) is 4.91 Å². The summed E-state index contributed by atoms with van der Waals surface area (Å²) in [6.45, 7) is 1.35. The van der Waals surface area contributed by atoms with Crippen molar-refractivity contribution < 1.29 is 24.8 Å². The standard InChI is InChI=1S/C15H13ClN2O6/c1-8(15(20)21)17-7-13(24-2)11(6-14(17)19)10-5-9(16)3-4-12(10)18(22)23/h3-8H,1-2H3,(H-,20,21,22,23)/p+1. The Morgan fingerprint density at radius 1 is 1.33 bits per heavy atom. The number of carboxylic acid groups (broad SMARTS) is 1. The van der Waals surface area contributed by atoms with Crippen molar-refractivity contribution in [3.8, 4) is 16.9 Å². The molecule has 0 fully saturated rings. The largest absolute Gasteiger partial charge is 0.495 e. The third kappa shape index (κ3) is 3.23. The SMILES string of the molecule is COc1cn(C(C)C(=O)O)c(=O)cc1-c1cc(Cl)ccc1[N+](=O)O. The van der Waals surface area contributed by atoms with Gasteiger partial charge >= 0.3 is 11.7 Å². The van der Waals surface area contributed by atoms with E-state index in [1.54, 1.807) is 0 Å². The van der Waals surface area contributed by atoms with Gasteiger partial charge in [0.15, 0.2) is 0 Å². The van der Waals surface area contributed by atoms with Gasteiger partial charge in [-0.3, -0.25) is 9.36 Å². The van der Waals surface area contributed by atoms with Crippen LogP contribution in [0.2, 0.25) is 5.02 Å². The van der Waals surface area contributed by atoms with Gasteiger partial charge in [0.05, 0.1) is 23.8 Å². The summed E-state index contributed by atoms with van der Waals surface area (Å²) in [6.07, 6.45) is 1.23. The molecule has 8 nitrogen and oxygen atoms in total. The van der Waals surface area contributed by atoms with Crippen LogP contribution < -0.4 is 10.3 Å². The first kappa shape index (κ1) is 17.5. The smallest absolute Gasteiger partial charge is 0.326 e. The molecule has 2 rings (SSSR count). The number of pyridine rings is 1. The molecule has 1 unspecified atom stereocenters. The first-order valence-corrected chi connectivity index (χ1v) is 7.13. The van der Waals surface area contributed by atoms with E-state index in [1.165, 1.54) is 38.4 Å². The molecule has 2 aromatic rings. The minimum absolute atomic E-state index is 0.138. The second-order valence-corrected chi connectivity index (χ2v) is 5.39. The van der Waals surface area contributed by atoms with E-state index in [-0.39, 0.29) is 32.5 Å². The summed E-state index contributed by atoms with van der Waals surface area (Å²) >= 11 is 5.93. The minimum atomic E-state index is -1.18. The van der Waals surface area contributed by atoms with E-state index < -0.39 is 17.6 Å². The number of nitrogens with zero attached hydrogens (tertiary/aromatic N) is 2. The first-order valence-electron chi connectivity index (χ1n) is 6.75. The highest BCUT2D eigenvalue weighted by atomic mass is 35.5. The Kier molecular flexibility index (Phi) is 4.89. The number of halogens is 1. The van der Waals surface area contributed by atoms with Gasteiger partial charge in [-0.05, 0) is 19.1 Å². The van der Waals surface area contributed by atoms with Gasteiger partial charge in [-0.1, -0.05) is 11.6 Å². The number of hydrogen-bond acceptors (Lipinski definition) is 4. The fourth-order valence-corrected chi connectivity index (χ4v) is 2.39. The maximum absolute atomic E-state index is 12.3. The summed E-state index contributed by atoms with van der Waals surface area (Å²) in [5, 5.41) is 18.6. The van der Waals surface area contributed by atoms with Crippen LogP contribution >= 0.6 is 11.6 Å². The molecule has 0 bridgehead atoms. The Bertz CT molecular complexity index is 877. The first-order chi connectivity index (χ1) is 11.3. The van der Waals surface area contributed by atoms with Gasteiger partial charge in [-0.2, -0.15) is 0 Å². The van der Waals surface area contributed by atoms with E-state index in [4.69, 9.17) is 21.4 Å². The Balaban J connectivity index is 2.75. The van der Waals surface area contributed by atoms with E-state index in [9.17, 15) is 19.7 Å². The second-order valence-electron chi connectivity index (χ2n) is 4.95. The van der Waals surface area contributed by atoms with Gasteiger partial charge in [0.1, 0.15) is 11.8 Å². The number of ether oxygens (including phenoxy) is 1. The lowest BCUT2D eigenvalue weighted by Crippen LogP contribution is -2.27. The fourth-order valence-electron chi connectivity index (χ4n) is 2.21. The number of aromatic nitrogens is 1. The quantitative estimate of drug-likeness (QED) is 0.800. The Labute approximate surface area is 141 Å². The molecule has 0 radical (unpaired) electrons. The predicted molar refractivity (Wildman–Crippen MR) is 85.1 cm³/mol. The third-order valence-electron chi connectivity index (χ3n) is 3.49. The molecule has 126 valence electrons. The van der Waals surface area contributed by atoms with Crippen molar-refractivity contribution in [2.24, 2.45) is 0 Å². The highest BCUT2D eigenvalue weighted by molar-refractivity contribution is 6.31. The number of benzene rings is 1. The second kappa shape index (κ2) is 6.71. The lowest BCUT2D eigenvalue weighted by atomic mass is 10.0. The molecular formula is C15H14ClN2O6+. The van der Waals surface area contributed by atoms with Crippen LogP contribution in [0.1, 0.15) is 13.0 Å². The molecule has 2 N–H and O–H groups in total. The van der Waals surface area contributed by atoms with Gasteiger partial charge < -0.3 is 9.84 Å². The van der Waals surface area contributed by atoms with Crippen molar-refractivity contribution in [1.82, 2.24) is 4.57 Å². The fraction of sp³-hybridized carbons (Fsp3) is 0.200. The Morgan fingerprint density at radius 2 is 2.00 bits per heavy atom. The maximum Gasteiger partial charge on any atom is 0.326 e. The Morgan fingerprint density at radius 3 is 2.54 bits per heavy atom. The monoisotopic (exact) mass is 353 g/mol. The number of aliphatic carboxylic acids is 1. The third-order valence-corrected chi connectivity index (χ3v) is 3.73. The zero-order chi connectivity index (χ0) is 18.0. The number of methoxy groups -OCH3 is 1. The molecular weight excluding hydrogens is 340 g/mol. The van der Waals surface area contributed by atoms with Crippen LogP contribution in [-0.2, 0) is 4.79 Å². The molecule has 0 aliphatic heterocycles. The highest BCUT2D eigenvalue weighted by Crippen LogP contribution is 2.36. The summed E-state index contributed by atoms with van der Waals surface area (Å²) in [5.41, 5.74) is -0.379. The average molecular weight is 354 g/mol. The number of carbonyl (C=O) groups is 1. The molecule has 9 heteroatoms. The summed E-state index contributed by atoms with van der Waals surface area (Å²) in [4.78, 5) is 34.3. The van der Waals surface area contributed by atoms with Gasteiger partial charge in [-0.25, -0.2) is 10.0 Å². The molecule has 1 atom stereocenters. The zero-order valence-corrected chi connectivity index (χ0v) is 13.5. The van der Waals surface area contributed by atoms with Crippen LogP contribution in [0.3, 0.4) is 0 Å². The molecule has 0 amide bonds. The van der Waals surface area contributed by atoms with E-state index in [2.05, 4.69) is 0 Å². The normalized spacial score (nSPS) is 11.8. The van der Waals surface area contributed by atoms with Crippen LogP contribution in [0.25, 0.3) is 11.1 Å². The van der Waals surface area contributed by atoms with Crippen molar-refractivity contribution in [2.75, 3.05) is 7.11 Å². The summed E-state index contributed by atoms with van der Waals surface area (Å²) in [6, 6.07) is 4.10. The zero-order valence-electron chi connectivity index (χ0n) is 12.8. The minimum Gasteiger partial charge on any atom is -0.495 e. The van der Waals surface area contributed by atoms with E-state index >= 15 is 0 Å². The summed E-state index contributed by atoms with van der Waals surface area (Å²) < 4.78 is 6.19.